The number of hydrogen-bond donors (Lipinski definition) is 1. The van der Waals surface area contributed by atoms with Crippen molar-refractivity contribution in [1.29, 1.82) is 0 Å². The molecule has 2 aromatic carbocycles. The number of benzene rings is 2. The van der Waals surface area contributed by atoms with E-state index in [9.17, 15) is 26.4 Å². The Morgan fingerprint density at radius 3 is 2.28 bits per heavy atom. The van der Waals surface area contributed by atoms with Gasteiger partial charge in [-0.2, -0.15) is 13.2 Å². The number of ether oxygens (including phenoxy) is 1. The summed E-state index contributed by atoms with van der Waals surface area (Å²) in [5.74, 6) is -0.744. The first-order valence-corrected chi connectivity index (χ1v) is 11.6. The molecule has 1 unspecified atom stereocenters. The number of nitrogens with zero attached hydrogens (tertiary/aromatic N) is 1. The van der Waals surface area contributed by atoms with Gasteiger partial charge in [0.15, 0.2) is 12.6 Å². The van der Waals surface area contributed by atoms with Crippen molar-refractivity contribution in [2.24, 2.45) is 0 Å². The number of carbonyl (C=O) groups excluding carboxylic acids is 1. The summed E-state index contributed by atoms with van der Waals surface area (Å²) >= 11 is 1.09. The number of nitrogens with one attached hydrogen (secondary N) is 1. The van der Waals surface area contributed by atoms with Crippen LogP contribution in [0.2, 0.25) is 0 Å². The fourth-order valence-corrected chi connectivity index (χ4v) is 5.14. The Balaban J connectivity index is 1.62. The van der Waals surface area contributed by atoms with E-state index in [1.165, 1.54) is 61.6 Å². The third-order valence-electron chi connectivity index (χ3n) is 4.45. The van der Waals surface area contributed by atoms with Crippen LogP contribution < -0.4 is 14.4 Å². The third-order valence-corrected chi connectivity index (χ3v) is 7.60. The van der Waals surface area contributed by atoms with Gasteiger partial charge in [-0.25, -0.2) is 8.42 Å². The summed E-state index contributed by atoms with van der Waals surface area (Å²) < 4.78 is 71.7. The van der Waals surface area contributed by atoms with Crippen LogP contribution >= 0.6 is 11.3 Å². The van der Waals surface area contributed by atoms with Gasteiger partial charge in [0.05, 0.1) is 5.69 Å². The highest BCUT2D eigenvalue weighted by atomic mass is 32.2. The lowest BCUT2D eigenvalue weighted by atomic mass is 10.1. The number of sulfonamides is 1. The van der Waals surface area contributed by atoms with Crippen molar-refractivity contribution < 1.29 is 31.1 Å². The number of anilines is 1. The standard InChI is InChI=1S/C21H19F3N2O4S2/c1-26(32(28,29)19-8-5-13-31-19)16-9-11-17(12-10-16)30-14-18(27)25-20(21(22,23)24)15-6-3-2-4-7-15/h2-13,20H,14H2,1H3,(H,25,27). The summed E-state index contributed by atoms with van der Waals surface area (Å²) in [4.78, 5) is 12.1. The van der Waals surface area contributed by atoms with E-state index in [4.69, 9.17) is 4.74 Å². The van der Waals surface area contributed by atoms with Gasteiger partial charge < -0.3 is 10.1 Å². The summed E-state index contributed by atoms with van der Waals surface area (Å²) in [5.41, 5.74) is 0.268. The molecule has 1 heterocycles. The molecule has 0 aliphatic rings. The van der Waals surface area contributed by atoms with Gasteiger partial charge in [0, 0.05) is 7.05 Å². The maximum absolute atomic E-state index is 13.3. The lowest BCUT2D eigenvalue weighted by Gasteiger charge is -2.22. The minimum absolute atomic E-state index is 0.0901. The molecule has 32 heavy (non-hydrogen) atoms. The van der Waals surface area contributed by atoms with Gasteiger partial charge in [-0.3, -0.25) is 9.10 Å². The van der Waals surface area contributed by atoms with Crippen molar-refractivity contribution in [3.63, 3.8) is 0 Å². The second-order valence-corrected chi connectivity index (χ2v) is 9.78. The van der Waals surface area contributed by atoms with Crippen LogP contribution in [0.15, 0.2) is 76.3 Å². The van der Waals surface area contributed by atoms with Gasteiger partial charge >= 0.3 is 6.18 Å². The number of alkyl halides is 3. The first kappa shape index (κ1) is 23.6. The number of thiophene rings is 1. The number of amides is 1. The van der Waals surface area contributed by atoms with Crippen molar-refractivity contribution in [2.75, 3.05) is 18.0 Å². The van der Waals surface area contributed by atoms with E-state index in [0.29, 0.717) is 5.69 Å². The van der Waals surface area contributed by atoms with Crippen LogP contribution in [0, 0.1) is 0 Å². The molecule has 1 amide bonds. The van der Waals surface area contributed by atoms with E-state index in [2.05, 4.69) is 0 Å². The molecule has 1 aromatic heterocycles. The maximum atomic E-state index is 13.3. The predicted molar refractivity (Wildman–Crippen MR) is 115 cm³/mol. The van der Waals surface area contributed by atoms with Crippen LogP contribution in [0.5, 0.6) is 5.75 Å². The Hall–Kier alpha value is -3.05. The lowest BCUT2D eigenvalue weighted by Crippen LogP contribution is -2.40. The molecule has 0 radical (unpaired) electrons. The number of rotatable bonds is 8. The van der Waals surface area contributed by atoms with E-state index < -0.39 is 34.8 Å². The molecule has 6 nitrogen and oxygen atoms in total. The quantitative estimate of drug-likeness (QED) is 0.515. The SMILES string of the molecule is CN(c1ccc(OCC(=O)NC(c2ccccc2)C(F)(F)F)cc1)S(=O)(=O)c1cccs1. The number of carbonyl (C=O) groups is 1. The molecular formula is C21H19F3N2O4S2. The molecule has 0 saturated carbocycles. The molecule has 0 aliphatic heterocycles. The van der Waals surface area contributed by atoms with Crippen molar-refractivity contribution in [3.8, 4) is 5.75 Å². The number of hydrogen-bond acceptors (Lipinski definition) is 5. The van der Waals surface area contributed by atoms with Gasteiger partial charge in [-0.05, 0) is 41.3 Å². The molecular weight excluding hydrogens is 465 g/mol. The Bertz CT molecular complexity index is 1130. The van der Waals surface area contributed by atoms with Crippen molar-refractivity contribution in [3.05, 3.63) is 77.7 Å². The summed E-state index contributed by atoms with van der Waals surface area (Å²) in [6, 6.07) is 13.8. The predicted octanol–water partition coefficient (Wildman–Crippen LogP) is 4.37. The zero-order valence-electron chi connectivity index (χ0n) is 16.7. The summed E-state index contributed by atoms with van der Waals surface area (Å²) in [6.07, 6.45) is -4.67. The fraction of sp³-hybridized carbons (Fsp3) is 0.190. The molecule has 3 aromatic rings. The highest BCUT2D eigenvalue weighted by Gasteiger charge is 2.41. The molecule has 1 atom stereocenters. The topological polar surface area (TPSA) is 75.7 Å². The molecule has 11 heteroatoms. The third kappa shape index (κ3) is 5.60. The molecule has 170 valence electrons. The van der Waals surface area contributed by atoms with Crippen LogP contribution in [0.3, 0.4) is 0 Å². The Morgan fingerprint density at radius 1 is 1.06 bits per heavy atom. The first-order chi connectivity index (χ1) is 15.1. The molecule has 3 rings (SSSR count). The van der Waals surface area contributed by atoms with E-state index in [0.717, 1.165) is 15.6 Å². The van der Waals surface area contributed by atoms with Crippen LogP contribution in [0.1, 0.15) is 11.6 Å². The Morgan fingerprint density at radius 2 is 1.72 bits per heavy atom. The first-order valence-electron chi connectivity index (χ1n) is 9.25. The largest absolute Gasteiger partial charge is 0.484 e. The summed E-state index contributed by atoms with van der Waals surface area (Å²) in [7, 11) is -2.30. The van der Waals surface area contributed by atoms with E-state index in [-0.39, 0.29) is 15.5 Å². The zero-order chi connectivity index (χ0) is 23.4. The van der Waals surface area contributed by atoms with E-state index in [1.54, 1.807) is 17.5 Å². The molecule has 0 aliphatic carbocycles. The molecule has 0 spiro atoms. The molecule has 1 N–H and O–H groups in total. The second-order valence-electron chi connectivity index (χ2n) is 6.64. The minimum Gasteiger partial charge on any atom is -0.484 e. The molecule has 0 bridgehead atoms. The smallest absolute Gasteiger partial charge is 0.412 e. The molecule has 0 fully saturated rings. The van der Waals surface area contributed by atoms with Crippen molar-refractivity contribution in [1.82, 2.24) is 5.32 Å². The highest BCUT2D eigenvalue weighted by Crippen LogP contribution is 2.32. The average molecular weight is 485 g/mol. The normalized spacial score (nSPS) is 12.8. The monoisotopic (exact) mass is 484 g/mol. The summed E-state index contributed by atoms with van der Waals surface area (Å²) in [6.45, 7) is -0.637. The molecule has 0 saturated heterocycles. The second kappa shape index (κ2) is 9.61. The number of halogens is 3. The van der Waals surface area contributed by atoms with Crippen LogP contribution in [-0.2, 0) is 14.8 Å². The van der Waals surface area contributed by atoms with Gasteiger partial charge in [-0.15, -0.1) is 11.3 Å². The van der Waals surface area contributed by atoms with Gasteiger partial charge in [0.2, 0.25) is 0 Å². The average Bonchev–Trinajstić information content (AvgIpc) is 3.31. The van der Waals surface area contributed by atoms with Gasteiger partial charge in [0.1, 0.15) is 9.96 Å². The van der Waals surface area contributed by atoms with E-state index in [1.807, 2.05) is 5.32 Å². The summed E-state index contributed by atoms with van der Waals surface area (Å²) in [5, 5.41) is 3.59. The fourth-order valence-electron chi connectivity index (χ4n) is 2.79. The van der Waals surface area contributed by atoms with Gasteiger partial charge in [0.25, 0.3) is 15.9 Å². The zero-order valence-corrected chi connectivity index (χ0v) is 18.4. The Labute approximate surface area is 187 Å². The van der Waals surface area contributed by atoms with Crippen molar-refractivity contribution >= 4 is 33.0 Å². The Kier molecular flexibility index (Phi) is 7.09. The van der Waals surface area contributed by atoms with Crippen LogP contribution in [0.25, 0.3) is 0 Å². The van der Waals surface area contributed by atoms with Gasteiger partial charge in [-0.1, -0.05) is 36.4 Å². The minimum atomic E-state index is -4.67. The maximum Gasteiger partial charge on any atom is 0.412 e. The van der Waals surface area contributed by atoms with Crippen LogP contribution in [-0.4, -0.2) is 34.2 Å². The van der Waals surface area contributed by atoms with E-state index >= 15 is 0 Å². The van der Waals surface area contributed by atoms with Crippen molar-refractivity contribution in [2.45, 2.75) is 16.4 Å². The lowest BCUT2D eigenvalue weighted by molar-refractivity contribution is -0.164. The van der Waals surface area contributed by atoms with Crippen LogP contribution in [0.4, 0.5) is 18.9 Å². The highest BCUT2D eigenvalue weighted by molar-refractivity contribution is 7.94.